The number of hydrogen-bond acceptors (Lipinski definition) is 4. The first kappa shape index (κ1) is 11.8. The Morgan fingerprint density at radius 1 is 1.33 bits per heavy atom. The minimum atomic E-state index is -0.448. The third kappa shape index (κ3) is 2.16. The Hall–Kier alpha value is -1.30. The summed E-state index contributed by atoms with van der Waals surface area (Å²) in [5, 5.41) is 14.2. The van der Waals surface area contributed by atoms with Crippen LogP contribution < -0.4 is 10.2 Å². The molecule has 3 rings (SSSR count). The van der Waals surface area contributed by atoms with Crippen LogP contribution in [0.1, 0.15) is 12.8 Å². The summed E-state index contributed by atoms with van der Waals surface area (Å²) in [6.07, 6.45) is 5.14. The lowest BCUT2D eigenvalue weighted by Crippen LogP contribution is -2.49. The van der Waals surface area contributed by atoms with Gasteiger partial charge in [-0.05, 0) is 31.0 Å². The standard InChI is InChI=1S/C12H13ClFN3O/c13-10-7-9(3-4-11(10)14)16-5-6-17(18)12(16)15-8-1-2-8/h3-8,12,15,18H,1-2H2. The number of benzene rings is 1. The first-order valence-corrected chi connectivity index (χ1v) is 6.18. The molecule has 1 heterocycles. The summed E-state index contributed by atoms with van der Waals surface area (Å²) >= 11 is 5.77. The van der Waals surface area contributed by atoms with Crippen LogP contribution in [0.2, 0.25) is 5.02 Å². The number of hydrogen-bond donors (Lipinski definition) is 2. The van der Waals surface area contributed by atoms with Crippen molar-refractivity contribution in [1.82, 2.24) is 10.4 Å². The van der Waals surface area contributed by atoms with Crippen molar-refractivity contribution >= 4 is 17.3 Å². The maximum absolute atomic E-state index is 13.1. The van der Waals surface area contributed by atoms with Crippen molar-refractivity contribution in [2.75, 3.05) is 4.90 Å². The van der Waals surface area contributed by atoms with Crippen molar-refractivity contribution in [2.24, 2.45) is 0 Å². The van der Waals surface area contributed by atoms with E-state index in [9.17, 15) is 9.60 Å². The molecule has 1 aromatic carbocycles. The second-order valence-corrected chi connectivity index (χ2v) is 4.91. The van der Waals surface area contributed by atoms with Crippen LogP contribution in [0.4, 0.5) is 10.1 Å². The van der Waals surface area contributed by atoms with Crippen molar-refractivity contribution in [3.63, 3.8) is 0 Å². The summed E-state index contributed by atoms with van der Waals surface area (Å²) in [4.78, 5) is 1.81. The highest BCUT2D eigenvalue weighted by molar-refractivity contribution is 6.31. The van der Waals surface area contributed by atoms with Crippen LogP contribution in [0, 0.1) is 5.82 Å². The van der Waals surface area contributed by atoms with Crippen LogP contribution in [0.25, 0.3) is 0 Å². The van der Waals surface area contributed by atoms with Crippen molar-refractivity contribution in [2.45, 2.75) is 25.2 Å². The van der Waals surface area contributed by atoms with E-state index in [0.29, 0.717) is 6.04 Å². The van der Waals surface area contributed by atoms with E-state index < -0.39 is 5.82 Å². The summed E-state index contributed by atoms with van der Waals surface area (Å²) in [5.41, 5.74) is 0.729. The average molecular weight is 270 g/mol. The van der Waals surface area contributed by atoms with E-state index in [4.69, 9.17) is 11.6 Å². The fraction of sp³-hybridized carbons (Fsp3) is 0.333. The van der Waals surface area contributed by atoms with Gasteiger partial charge in [-0.3, -0.25) is 10.5 Å². The average Bonchev–Trinajstić information content (AvgIpc) is 3.09. The fourth-order valence-corrected chi connectivity index (χ4v) is 2.10. The van der Waals surface area contributed by atoms with Gasteiger partial charge in [-0.2, -0.15) is 0 Å². The number of anilines is 1. The van der Waals surface area contributed by atoms with E-state index in [2.05, 4.69) is 5.32 Å². The van der Waals surface area contributed by atoms with Gasteiger partial charge >= 0.3 is 0 Å². The second kappa shape index (κ2) is 4.42. The predicted molar refractivity (Wildman–Crippen MR) is 66.6 cm³/mol. The molecule has 2 aliphatic rings. The van der Waals surface area contributed by atoms with E-state index in [-0.39, 0.29) is 11.3 Å². The molecule has 2 N–H and O–H groups in total. The Morgan fingerprint density at radius 3 is 2.78 bits per heavy atom. The van der Waals surface area contributed by atoms with E-state index >= 15 is 0 Å². The fourth-order valence-electron chi connectivity index (χ4n) is 1.92. The highest BCUT2D eigenvalue weighted by Crippen LogP contribution is 2.29. The quantitative estimate of drug-likeness (QED) is 0.884. The van der Waals surface area contributed by atoms with Crippen molar-refractivity contribution in [3.8, 4) is 0 Å². The van der Waals surface area contributed by atoms with E-state index in [1.54, 1.807) is 24.5 Å². The Labute approximate surface area is 109 Å². The SMILES string of the molecule is ON1C=CN(c2ccc(F)c(Cl)c2)C1NC1CC1. The predicted octanol–water partition coefficient (Wildman–Crippen LogP) is 2.50. The van der Waals surface area contributed by atoms with Gasteiger partial charge in [0.15, 0.2) is 6.29 Å². The minimum absolute atomic E-state index is 0.0717. The molecule has 0 spiro atoms. The van der Waals surface area contributed by atoms with Crippen LogP contribution in [0.15, 0.2) is 30.6 Å². The van der Waals surface area contributed by atoms with Crippen LogP contribution in [-0.4, -0.2) is 22.6 Å². The molecule has 6 heteroatoms. The van der Waals surface area contributed by atoms with Crippen LogP contribution in [0.5, 0.6) is 0 Å². The number of nitrogens with one attached hydrogen (secondary N) is 1. The molecule has 1 aromatic rings. The van der Waals surface area contributed by atoms with Crippen molar-refractivity contribution in [1.29, 1.82) is 0 Å². The summed E-state index contributed by atoms with van der Waals surface area (Å²) in [7, 11) is 0. The molecule has 1 aliphatic heterocycles. The normalized spacial score (nSPS) is 22.9. The van der Waals surface area contributed by atoms with Gasteiger partial charge in [-0.25, -0.2) is 9.45 Å². The monoisotopic (exact) mass is 269 g/mol. The molecule has 0 aromatic heterocycles. The van der Waals surface area contributed by atoms with Gasteiger partial charge < -0.3 is 4.90 Å². The maximum Gasteiger partial charge on any atom is 0.185 e. The molecule has 1 fully saturated rings. The zero-order valence-electron chi connectivity index (χ0n) is 9.55. The van der Waals surface area contributed by atoms with Crippen molar-refractivity contribution < 1.29 is 9.60 Å². The van der Waals surface area contributed by atoms with Crippen LogP contribution in [0.3, 0.4) is 0 Å². The molecular formula is C12H13ClFN3O. The van der Waals surface area contributed by atoms with Crippen LogP contribution in [-0.2, 0) is 0 Å². The molecular weight excluding hydrogens is 257 g/mol. The van der Waals surface area contributed by atoms with Gasteiger partial charge in [0.1, 0.15) is 5.82 Å². The third-order valence-corrected chi connectivity index (χ3v) is 3.35. The molecule has 0 amide bonds. The molecule has 1 atom stereocenters. The molecule has 18 heavy (non-hydrogen) atoms. The Morgan fingerprint density at radius 2 is 2.11 bits per heavy atom. The third-order valence-electron chi connectivity index (χ3n) is 3.06. The van der Waals surface area contributed by atoms with Gasteiger partial charge in [0.25, 0.3) is 0 Å². The largest absolute Gasteiger partial charge is 0.311 e. The van der Waals surface area contributed by atoms with E-state index in [1.807, 2.05) is 4.90 Å². The lowest BCUT2D eigenvalue weighted by molar-refractivity contribution is -0.0786. The lowest BCUT2D eigenvalue weighted by Gasteiger charge is -2.29. The van der Waals surface area contributed by atoms with E-state index in [1.165, 1.54) is 6.07 Å². The zero-order chi connectivity index (χ0) is 12.7. The van der Waals surface area contributed by atoms with E-state index in [0.717, 1.165) is 23.6 Å². The summed E-state index contributed by atoms with van der Waals surface area (Å²) in [6.45, 7) is 0. The summed E-state index contributed by atoms with van der Waals surface area (Å²) in [5.74, 6) is -0.448. The molecule has 0 radical (unpaired) electrons. The van der Waals surface area contributed by atoms with Gasteiger partial charge in [-0.1, -0.05) is 11.6 Å². The van der Waals surface area contributed by atoms with Gasteiger partial charge in [0.2, 0.25) is 0 Å². The topological polar surface area (TPSA) is 38.7 Å². The number of rotatable bonds is 3. The first-order chi connectivity index (χ1) is 8.65. The molecule has 1 unspecified atom stereocenters. The summed E-state index contributed by atoms with van der Waals surface area (Å²) in [6, 6.07) is 4.93. The molecule has 0 bridgehead atoms. The first-order valence-electron chi connectivity index (χ1n) is 5.80. The zero-order valence-corrected chi connectivity index (χ0v) is 10.3. The molecule has 4 nitrogen and oxygen atoms in total. The molecule has 1 aliphatic carbocycles. The van der Waals surface area contributed by atoms with Gasteiger partial charge in [0.05, 0.1) is 5.02 Å². The lowest BCUT2D eigenvalue weighted by atomic mass is 10.3. The minimum Gasteiger partial charge on any atom is -0.311 e. The van der Waals surface area contributed by atoms with Gasteiger partial charge in [0, 0.05) is 24.1 Å². The number of hydroxylamine groups is 2. The summed E-state index contributed by atoms with van der Waals surface area (Å²) < 4.78 is 13.1. The van der Waals surface area contributed by atoms with Gasteiger partial charge in [-0.15, -0.1) is 0 Å². The molecule has 96 valence electrons. The van der Waals surface area contributed by atoms with Crippen molar-refractivity contribution in [3.05, 3.63) is 41.4 Å². The Kier molecular flexibility index (Phi) is 2.89. The number of halogens is 2. The molecule has 1 saturated carbocycles. The highest BCUT2D eigenvalue weighted by atomic mass is 35.5. The maximum atomic E-state index is 13.1. The number of nitrogens with zero attached hydrogens (tertiary/aromatic N) is 2. The second-order valence-electron chi connectivity index (χ2n) is 4.50. The Bertz CT molecular complexity index is 492. The Balaban J connectivity index is 1.84. The smallest absolute Gasteiger partial charge is 0.185 e. The highest BCUT2D eigenvalue weighted by Gasteiger charge is 2.32. The van der Waals surface area contributed by atoms with Crippen LogP contribution >= 0.6 is 11.6 Å². The molecule has 0 saturated heterocycles.